The van der Waals surface area contributed by atoms with Crippen LogP contribution in [0.3, 0.4) is 0 Å². The summed E-state index contributed by atoms with van der Waals surface area (Å²) in [6.07, 6.45) is -0.593. The molecule has 1 aromatic heterocycles. The van der Waals surface area contributed by atoms with Crippen LogP contribution in [-0.4, -0.2) is 59.3 Å². The lowest BCUT2D eigenvalue weighted by Crippen LogP contribution is -2.34. The van der Waals surface area contributed by atoms with Crippen molar-refractivity contribution in [3.05, 3.63) is 5.01 Å². The lowest BCUT2D eigenvalue weighted by Gasteiger charge is -2.20. The molecule has 0 aliphatic carbocycles. The van der Waals surface area contributed by atoms with Crippen molar-refractivity contribution in [3.8, 4) is 0 Å². The molecule has 0 saturated carbocycles. The van der Waals surface area contributed by atoms with Gasteiger partial charge in [0.25, 0.3) is 6.43 Å². The molecule has 6 nitrogen and oxygen atoms in total. The minimum absolute atomic E-state index is 0.117. The van der Waals surface area contributed by atoms with E-state index in [-0.39, 0.29) is 16.2 Å². The Bertz CT molecular complexity index is 499. The van der Waals surface area contributed by atoms with Crippen LogP contribution < -0.4 is 5.32 Å². The monoisotopic (exact) mass is 333 g/mol. The van der Waals surface area contributed by atoms with Gasteiger partial charge in [-0.1, -0.05) is 18.3 Å². The van der Waals surface area contributed by atoms with Crippen molar-refractivity contribution in [2.45, 2.75) is 26.2 Å². The third kappa shape index (κ3) is 4.57. The summed E-state index contributed by atoms with van der Waals surface area (Å²) in [7, 11) is 2.08. The van der Waals surface area contributed by atoms with Crippen molar-refractivity contribution >= 4 is 22.5 Å². The maximum Gasteiger partial charge on any atom is 0.323 e. The molecule has 1 aliphatic rings. The lowest BCUT2D eigenvalue weighted by molar-refractivity contribution is 0.150. The number of nitrogens with one attached hydrogen (secondary N) is 1. The number of halogens is 2. The molecule has 124 valence electrons. The number of carbonyl (C=O) groups is 1. The fourth-order valence-electron chi connectivity index (χ4n) is 2.62. The van der Waals surface area contributed by atoms with Gasteiger partial charge in [-0.2, -0.15) is 0 Å². The first-order valence-corrected chi connectivity index (χ1v) is 8.17. The average Bonchev–Trinajstić information content (AvgIpc) is 3.08. The number of rotatable bonds is 6. The van der Waals surface area contributed by atoms with Crippen LogP contribution in [0.1, 0.15) is 31.2 Å². The molecular formula is C13H21F2N5OS. The number of nitrogens with zero attached hydrogens (tertiary/aromatic N) is 4. The molecule has 1 aliphatic heterocycles. The second-order valence-corrected chi connectivity index (χ2v) is 6.55. The van der Waals surface area contributed by atoms with Crippen molar-refractivity contribution in [2.75, 3.05) is 38.5 Å². The number of anilines is 1. The van der Waals surface area contributed by atoms with Gasteiger partial charge in [0.15, 0.2) is 5.01 Å². The molecule has 0 spiro atoms. The van der Waals surface area contributed by atoms with E-state index in [4.69, 9.17) is 0 Å². The Morgan fingerprint density at radius 1 is 1.55 bits per heavy atom. The van der Waals surface area contributed by atoms with Crippen molar-refractivity contribution in [1.82, 2.24) is 20.0 Å². The fourth-order valence-corrected chi connectivity index (χ4v) is 3.21. The van der Waals surface area contributed by atoms with Crippen molar-refractivity contribution in [1.29, 1.82) is 0 Å². The Kier molecular flexibility index (Phi) is 6.01. The first kappa shape index (κ1) is 17.0. The zero-order valence-corrected chi connectivity index (χ0v) is 13.6. The zero-order valence-electron chi connectivity index (χ0n) is 12.8. The first-order chi connectivity index (χ1) is 10.5. The summed E-state index contributed by atoms with van der Waals surface area (Å²) >= 11 is 0.707. The Labute approximate surface area is 132 Å². The topological polar surface area (TPSA) is 61.4 Å². The van der Waals surface area contributed by atoms with E-state index < -0.39 is 6.43 Å². The largest absolute Gasteiger partial charge is 0.324 e. The Balaban J connectivity index is 1.81. The number of amides is 2. The van der Waals surface area contributed by atoms with E-state index >= 15 is 0 Å². The van der Waals surface area contributed by atoms with Gasteiger partial charge in [0.2, 0.25) is 5.13 Å². The highest BCUT2D eigenvalue weighted by Gasteiger charge is 2.27. The summed E-state index contributed by atoms with van der Waals surface area (Å²) in [5.74, 6) is 0.452. The van der Waals surface area contributed by atoms with Gasteiger partial charge in [-0.3, -0.25) is 5.32 Å². The summed E-state index contributed by atoms with van der Waals surface area (Å²) < 4.78 is 24.9. The summed E-state index contributed by atoms with van der Waals surface area (Å²) in [5, 5.41) is 9.19. The highest BCUT2D eigenvalue weighted by molar-refractivity contribution is 7.15. The van der Waals surface area contributed by atoms with E-state index in [1.807, 2.05) is 0 Å². The average molecular weight is 333 g/mol. The van der Waals surface area contributed by atoms with Gasteiger partial charge >= 0.3 is 6.03 Å². The molecule has 1 atom stereocenters. The van der Waals surface area contributed by atoms with Crippen LogP contribution in [0.25, 0.3) is 0 Å². The molecular weight excluding hydrogens is 312 g/mol. The molecule has 1 N–H and O–H groups in total. The molecule has 2 heterocycles. The van der Waals surface area contributed by atoms with Crippen molar-refractivity contribution in [3.63, 3.8) is 0 Å². The molecule has 2 amide bonds. The second-order valence-electron chi connectivity index (χ2n) is 5.54. The van der Waals surface area contributed by atoms with Crippen LogP contribution >= 0.6 is 11.3 Å². The quantitative estimate of drug-likeness (QED) is 0.869. The number of hydrogen-bond donors (Lipinski definition) is 1. The molecule has 9 heteroatoms. The number of carbonyl (C=O) groups excluding carboxylic acids is 1. The van der Waals surface area contributed by atoms with E-state index in [1.54, 1.807) is 4.90 Å². The summed E-state index contributed by atoms with van der Waals surface area (Å²) in [5.41, 5.74) is 0. The van der Waals surface area contributed by atoms with Gasteiger partial charge in [-0.05, 0) is 32.4 Å². The summed E-state index contributed by atoms with van der Waals surface area (Å²) in [4.78, 5) is 16.1. The Morgan fingerprint density at radius 2 is 2.32 bits per heavy atom. The number of urea groups is 1. The number of likely N-dealkylation sites (tertiary alicyclic amines) is 1. The van der Waals surface area contributed by atoms with Crippen molar-refractivity contribution < 1.29 is 13.6 Å². The number of aromatic nitrogens is 2. The standard InChI is InChI=1S/C13H21F2N5OS/c1-3-5-19(2)7-9-4-6-20(8-9)13(21)16-12-18-17-11(22-12)10(14)15/h9-10H,3-8H2,1-2H3,(H,16,18,21)/t9-/m1/s1. The predicted molar refractivity (Wildman–Crippen MR) is 81.4 cm³/mol. The van der Waals surface area contributed by atoms with E-state index in [1.165, 1.54) is 0 Å². The predicted octanol–water partition coefficient (Wildman–Crippen LogP) is 2.67. The normalized spacial score (nSPS) is 18.5. The summed E-state index contributed by atoms with van der Waals surface area (Å²) in [6.45, 7) is 5.51. The Morgan fingerprint density at radius 3 is 2.95 bits per heavy atom. The van der Waals surface area contributed by atoms with Crippen LogP contribution in [0.4, 0.5) is 18.7 Å². The molecule has 2 rings (SSSR count). The van der Waals surface area contributed by atoms with Gasteiger partial charge in [-0.15, -0.1) is 10.2 Å². The van der Waals surface area contributed by atoms with Crippen molar-refractivity contribution in [2.24, 2.45) is 5.92 Å². The molecule has 22 heavy (non-hydrogen) atoms. The van der Waals surface area contributed by atoms with E-state index in [9.17, 15) is 13.6 Å². The maximum absolute atomic E-state index is 12.4. The number of alkyl halides is 2. The highest BCUT2D eigenvalue weighted by Crippen LogP contribution is 2.26. The minimum atomic E-state index is -2.66. The zero-order chi connectivity index (χ0) is 16.1. The first-order valence-electron chi connectivity index (χ1n) is 7.35. The van der Waals surface area contributed by atoms with Crippen LogP contribution in [0.15, 0.2) is 0 Å². The van der Waals surface area contributed by atoms with Crippen LogP contribution in [0, 0.1) is 5.92 Å². The molecule has 0 bridgehead atoms. The Hall–Kier alpha value is -1.35. The SMILES string of the molecule is CCCN(C)C[C@H]1CCN(C(=O)Nc2nnc(C(F)F)s2)C1. The van der Waals surface area contributed by atoms with Gasteiger partial charge < -0.3 is 9.80 Å². The minimum Gasteiger partial charge on any atom is -0.324 e. The van der Waals surface area contributed by atoms with E-state index in [0.29, 0.717) is 30.3 Å². The van der Waals surface area contributed by atoms with Gasteiger partial charge in [0.05, 0.1) is 0 Å². The third-order valence-corrected chi connectivity index (χ3v) is 4.44. The van der Waals surface area contributed by atoms with E-state index in [2.05, 4.69) is 34.4 Å². The maximum atomic E-state index is 12.4. The highest BCUT2D eigenvalue weighted by atomic mass is 32.1. The smallest absolute Gasteiger partial charge is 0.323 e. The second kappa shape index (κ2) is 7.77. The molecule has 1 saturated heterocycles. The lowest BCUT2D eigenvalue weighted by atomic mass is 10.1. The molecule has 0 radical (unpaired) electrons. The molecule has 1 fully saturated rings. The van der Waals surface area contributed by atoms with Crippen LogP contribution in [-0.2, 0) is 0 Å². The van der Waals surface area contributed by atoms with Gasteiger partial charge in [-0.25, -0.2) is 13.6 Å². The van der Waals surface area contributed by atoms with Crippen LogP contribution in [0.2, 0.25) is 0 Å². The fraction of sp³-hybridized carbons (Fsp3) is 0.769. The van der Waals surface area contributed by atoms with E-state index in [0.717, 1.165) is 25.9 Å². The number of hydrogen-bond acceptors (Lipinski definition) is 5. The van der Waals surface area contributed by atoms with Crippen LogP contribution in [0.5, 0.6) is 0 Å². The molecule has 0 aromatic carbocycles. The van der Waals surface area contributed by atoms with Gasteiger partial charge in [0.1, 0.15) is 0 Å². The van der Waals surface area contributed by atoms with Gasteiger partial charge in [0, 0.05) is 19.6 Å². The molecule has 0 unspecified atom stereocenters. The third-order valence-electron chi connectivity index (χ3n) is 3.59. The molecule has 1 aromatic rings. The summed E-state index contributed by atoms with van der Waals surface area (Å²) in [6, 6.07) is -0.294.